The first kappa shape index (κ1) is 14.8. The molecule has 0 saturated carbocycles. The van der Waals surface area contributed by atoms with Crippen molar-refractivity contribution in [1.29, 1.82) is 0 Å². The van der Waals surface area contributed by atoms with E-state index in [0.29, 0.717) is 24.7 Å². The Balaban J connectivity index is 0.00000112. The minimum absolute atomic E-state index is 0. The molecular weight excluding hydrogens is 251 g/mol. The number of aromatic nitrogens is 3. The fourth-order valence-corrected chi connectivity index (χ4v) is 1.09. The van der Waals surface area contributed by atoms with Crippen LogP contribution in [-0.4, -0.2) is 21.7 Å². The Bertz CT molecular complexity index is 407. The molecule has 0 bridgehead atoms. The summed E-state index contributed by atoms with van der Waals surface area (Å²) in [5.74, 6) is 1.12. The summed E-state index contributed by atoms with van der Waals surface area (Å²) in [6.07, 6.45) is 4.00. The molecule has 0 saturated heterocycles. The Hall–Kier alpha value is -1.17. The first-order valence-electron chi connectivity index (χ1n) is 4.33. The van der Waals surface area contributed by atoms with Gasteiger partial charge in [-0.15, -0.1) is 24.8 Å². The predicted octanol–water partition coefficient (Wildman–Crippen LogP) is 1.48. The van der Waals surface area contributed by atoms with Gasteiger partial charge < -0.3 is 10.3 Å². The second-order valence-corrected chi connectivity index (χ2v) is 2.80. The van der Waals surface area contributed by atoms with Crippen LogP contribution in [0.25, 0.3) is 11.5 Å². The highest BCUT2D eigenvalue weighted by Crippen LogP contribution is 2.14. The van der Waals surface area contributed by atoms with Crippen molar-refractivity contribution in [2.45, 2.75) is 6.42 Å². The fourth-order valence-electron chi connectivity index (χ4n) is 1.09. The molecule has 2 aromatic rings. The SMILES string of the molecule is Cl.Cl.NCCc1noc(-c2cccnc2)n1. The highest BCUT2D eigenvalue weighted by atomic mass is 35.5. The Labute approximate surface area is 105 Å². The molecule has 2 rings (SSSR count). The third-order valence-corrected chi connectivity index (χ3v) is 1.74. The largest absolute Gasteiger partial charge is 0.334 e. The van der Waals surface area contributed by atoms with Crippen molar-refractivity contribution in [2.24, 2.45) is 5.73 Å². The lowest BCUT2D eigenvalue weighted by Crippen LogP contribution is -2.03. The molecule has 0 fully saturated rings. The maximum absolute atomic E-state index is 5.37. The first-order chi connectivity index (χ1) is 6.90. The zero-order chi connectivity index (χ0) is 9.80. The standard InChI is InChI=1S/C9H10N4O.2ClH/c10-4-3-8-12-9(14-13-8)7-2-1-5-11-6-7;;/h1-2,5-6H,3-4,10H2;2*1H. The lowest BCUT2D eigenvalue weighted by atomic mass is 10.3. The van der Waals surface area contributed by atoms with Crippen LogP contribution in [0.15, 0.2) is 29.0 Å². The van der Waals surface area contributed by atoms with E-state index >= 15 is 0 Å². The third-order valence-electron chi connectivity index (χ3n) is 1.74. The number of rotatable bonds is 3. The Morgan fingerprint density at radius 2 is 2.12 bits per heavy atom. The van der Waals surface area contributed by atoms with E-state index in [1.807, 2.05) is 12.1 Å². The molecule has 0 radical (unpaired) electrons. The van der Waals surface area contributed by atoms with Gasteiger partial charge in [0.15, 0.2) is 5.82 Å². The Morgan fingerprint density at radius 3 is 2.75 bits per heavy atom. The summed E-state index contributed by atoms with van der Waals surface area (Å²) < 4.78 is 5.05. The summed E-state index contributed by atoms with van der Waals surface area (Å²) in [4.78, 5) is 8.14. The normalized spacial score (nSPS) is 9.06. The van der Waals surface area contributed by atoms with Gasteiger partial charge in [0.25, 0.3) is 5.89 Å². The molecule has 5 nitrogen and oxygen atoms in total. The van der Waals surface area contributed by atoms with Gasteiger partial charge in [-0.05, 0) is 18.7 Å². The molecule has 16 heavy (non-hydrogen) atoms. The van der Waals surface area contributed by atoms with Crippen LogP contribution in [0.5, 0.6) is 0 Å². The molecule has 88 valence electrons. The molecule has 2 N–H and O–H groups in total. The number of nitrogens with two attached hydrogens (primary N) is 1. The van der Waals surface area contributed by atoms with Crippen molar-refractivity contribution in [1.82, 2.24) is 15.1 Å². The van der Waals surface area contributed by atoms with Gasteiger partial charge in [0.05, 0.1) is 5.56 Å². The molecule has 7 heteroatoms. The maximum atomic E-state index is 5.37. The topological polar surface area (TPSA) is 77.8 Å². The van der Waals surface area contributed by atoms with Gasteiger partial charge in [-0.1, -0.05) is 5.16 Å². The zero-order valence-corrected chi connectivity index (χ0v) is 10.0. The lowest BCUT2D eigenvalue weighted by Gasteiger charge is -1.89. The number of pyridine rings is 1. The molecule has 0 aromatic carbocycles. The Kier molecular flexibility index (Phi) is 6.64. The van der Waals surface area contributed by atoms with Crippen molar-refractivity contribution in [3.05, 3.63) is 30.4 Å². The van der Waals surface area contributed by atoms with Gasteiger partial charge in [-0.25, -0.2) is 0 Å². The van der Waals surface area contributed by atoms with Crippen LogP contribution in [-0.2, 0) is 6.42 Å². The van der Waals surface area contributed by atoms with Crippen LogP contribution < -0.4 is 5.73 Å². The highest BCUT2D eigenvalue weighted by Gasteiger charge is 2.07. The monoisotopic (exact) mass is 262 g/mol. The number of halogens is 2. The van der Waals surface area contributed by atoms with Crippen LogP contribution in [0, 0.1) is 0 Å². The molecule has 0 amide bonds. The Morgan fingerprint density at radius 1 is 1.31 bits per heavy atom. The van der Waals surface area contributed by atoms with E-state index < -0.39 is 0 Å². The van der Waals surface area contributed by atoms with Crippen molar-refractivity contribution in [3.63, 3.8) is 0 Å². The molecule has 2 aromatic heterocycles. The van der Waals surface area contributed by atoms with E-state index in [-0.39, 0.29) is 24.8 Å². The van der Waals surface area contributed by atoms with Crippen molar-refractivity contribution in [2.75, 3.05) is 6.54 Å². The van der Waals surface area contributed by atoms with Crippen LogP contribution in [0.4, 0.5) is 0 Å². The number of nitrogens with zero attached hydrogens (tertiary/aromatic N) is 3. The van der Waals surface area contributed by atoms with E-state index in [1.165, 1.54) is 0 Å². The van der Waals surface area contributed by atoms with Gasteiger partial charge in [0.1, 0.15) is 0 Å². The summed E-state index contributed by atoms with van der Waals surface area (Å²) in [5, 5.41) is 3.79. The number of hydrogen-bond donors (Lipinski definition) is 1. The molecule has 0 spiro atoms. The van der Waals surface area contributed by atoms with Crippen LogP contribution >= 0.6 is 24.8 Å². The summed E-state index contributed by atoms with van der Waals surface area (Å²) in [6.45, 7) is 0.520. The summed E-state index contributed by atoms with van der Waals surface area (Å²) >= 11 is 0. The summed E-state index contributed by atoms with van der Waals surface area (Å²) in [6, 6.07) is 3.69. The average molecular weight is 263 g/mol. The van der Waals surface area contributed by atoms with Crippen molar-refractivity contribution < 1.29 is 4.52 Å². The minimum Gasteiger partial charge on any atom is -0.334 e. The van der Waals surface area contributed by atoms with E-state index in [9.17, 15) is 0 Å². The first-order valence-corrected chi connectivity index (χ1v) is 4.33. The van der Waals surface area contributed by atoms with Gasteiger partial charge in [-0.3, -0.25) is 4.98 Å². The fraction of sp³-hybridized carbons (Fsp3) is 0.222. The molecule has 0 aliphatic rings. The van der Waals surface area contributed by atoms with Gasteiger partial charge in [-0.2, -0.15) is 4.98 Å². The summed E-state index contributed by atoms with van der Waals surface area (Å²) in [5.41, 5.74) is 6.20. The smallest absolute Gasteiger partial charge is 0.259 e. The third kappa shape index (κ3) is 3.44. The van der Waals surface area contributed by atoms with Crippen LogP contribution in [0.1, 0.15) is 5.82 Å². The second-order valence-electron chi connectivity index (χ2n) is 2.80. The molecule has 0 aliphatic heterocycles. The quantitative estimate of drug-likeness (QED) is 0.907. The average Bonchev–Trinajstić information content (AvgIpc) is 2.68. The van der Waals surface area contributed by atoms with E-state index in [4.69, 9.17) is 10.3 Å². The second kappa shape index (κ2) is 7.16. The predicted molar refractivity (Wildman–Crippen MR) is 64.8 cm³/mol. The molecule has 0 atom stereocenters. The molecular formula is C9H12Cl2N4O. The maximum Gasteiger partial charge on any atom is 0.259 e. The molecule has 0 unspecified atom stereocenters. The minimum atomic E-state index is 0. The zero-order valence-electron chi connectivity index (χ0n) is 8.37. The van der Waals surface area contributed by atoms with E-state index in [2.05, 4.69) is 15.1 Å². The van der Waals surface area contributed by atoms with Gasteiger partial charge >= 0.3 is 0 Å². The molecule has 2 heterocycles. The summed E-state index contributed by atoms with van der Waals surface area (Å²) in [7, 11) is 0. The van der Waals surface area contributed by atoms with Gasteiger partial charge in [0.2, 0.25) is 0 Å². The van der Waals surface area contributed by atoms with Gasteiger partial charge in [0, 0.05) is 18.8 Å². The van der Waals surface area contributed by atoms with Crippen molar-refractivity contribution in [3.8, 4) is 11.5 Å². The van der Waals surface area contributed by atoms with Crippen LogP contribution in [0.3, 0.4) is 0 Å². The van der Waals surface area contributed by atoms with Crippen LogP contribution in [0.2, 0.25) is 0 Å². The van der Waals surface area contributed by atoms with Crippen molar-refractivity contribution >= 4 is 24.8 Å². The highest BCUT2D eigenvalue weighted by molar-refractivity contribution is 5.85. The van der Waals surface area contributed by atoms with E-state index in [0.717, 1.165) is 5.56 Å². The van der Waals surface area contributed by atoms with E-state index in [1.54, 1.807) is 12.4 Å². The number of hydrogen-bond acceptors (Lipinski definition) is 5. The molecule has 0 aliphatic carbocycles. The lowest BCUT2D eigenvalue weighted by molar-refractivity contribution is 0.422.